The number of nitrogens with zero attached hydrogens (tertiary/aromatic N) is 1. The zero-order valence-corrected chi connectivity index (χ0v) is 12.1. The lowest BCUT2D eigenvalue weighted by Gasteiger charge is -2.35. The molecule has 3 atom stereocenters. The largest absolute Gasteiger partial charge is 0.480 e. The van der Waals surface area contributed by atoms with Gasteiger partial charge in [0.15, 0.2) is 0 Å². The molecule has 0 saturated carbocycles. The predicted molar refractivity (Wildman–Crippen MR) is 73.7 cm³/mol. The van der Waals surface area contributed by atoms with Crippen LogP contribution in [0.25, 0.3) is 0 Å². The van der Waals surface area contributed by atoms with E-state index < -0.39 is 12.0 Å². The lowest BCUT2D eigenvalue weighted by Crippen LogP contribution is -2.49. The Morgan fingerprint density at radius 2 is 2.11 bits per heavy atom. The minimum absolute atomic E-state index is 0.271. The molecule has 4 nitrogen and oxygen atoms in total. The third kappa shape index (κ3) is 4.94. The average molecular weight is 256 g/mol. The van der Waals surface area contributed by atoms with Crippen molar-refractivity contribution in [2.24, 2.45) is 11.8 Å². The minimum Gasteiger partial charge on any atom is -0.480 e. The molecule has 0 aromatic heterocycles. The zero-order valence-electron chi connectivity index (χ0n) is 12.1. The van der Waals surface area contributed by atoms with E-state index >= 15 is 0 Å². The van der Waals surface area contributed by atoms with E-state index in [1.807, 2.05) is 0 Å². The summed E-state index contributed by atoms with van der Waals surface area (Å²) in [5.41, 5.74) is 0. The molecule has 1 rings (SSSR count). The number of likely N-dealkylation sites (tertiary alicyclic amines) is 1. The fourth-order valence-corrected chi connectivity index (χ4v) is 2.78. The Morgan fingerprint density at radius 3 is 2.61 bits per heavy atom. The van der Waals surface area contributed by atoms with Crippen molar-refractivity contribution in [3.63, 3.8) is 0 Å². The van der Waals surface area contributed by atoms with Gasteiger partial charge in [0.05, 0.1) is 0 Å². The summed E-state index contributed by atoms with van der Waals surface area (Å²) in [5, 5.41) is 12.6. The van der Waals surface area contributed by atoms with Gasteiger partial charge in [-0.25, -0.2) is 0 Å². The predicted octanol–water partition coefficient (Wildman–Crippen LogP) is 1.81. The molecule has 0 aromatic carbocycles. The number of carboxylic acid groups (broad SMARTS) is 1. The molecule has 2 N–H and O–H groups in total. The molecule has 0 amide bonds. The number of piperidine rings is 1. The Bertz CT molecular complexity index is 269. The quantitative estimate of drug-likeness (QED) is 0.761. The molecule has 0 aliphatic carbocycles. The highest BCUT2D eigenvalue weighted by molar-refractivity contribution is 5.73. The van der Waals surface area contributed by atoms with Crippen LogP contribution in [0.4, 0.5) is 0 Å². The summed E-state index contributed by atoms with van der Waals surface area (Å²) < 4.78 is 0. The first-order valence-corrected chi connectivity index (χ1v) is 7.07. The number of hydrogen-bond acceptors (Lipinski definition) is 3. The number of hydrogen-bond donors (Lipinski definition) is 2. The molecule has 1 fully saturated rings. The maximum absolute atomic E-state index is 11.2. The van der Waals surface area contributed by atoms with Gasteiger partial charge in [0.1, 0.15) is 6.04 Å². The summed E-state index contributed by atoms with van der Waals surface area (Å²) in [6.07, 6.45) is 3.11. The van der Waals surface area contributed by atoms with E-state index in [4.69, 9.17) is 0 Å². The molecule has 0 radical (unpaired) electrons. The summed E-state index contributed by atoms with van der Waals surface area (Å²) in [6.45, 7) is 8.49. The normalized spacial score (nSPS) is 25.1. The van der Waals surface area contributed by atoms with Crippen LogP contribution in [0.5, 0.6) is 0 Å². The molecule has 1 heterocycles. The monoisotopic (exact) mass is 256 g/mol. The molecule has 0 bridgehead atoms. The van der Waals surface area contributed by atoms with Crippen LogP contribution in [-0.2, 0) is 4.79 Å². The topological polar surface area (TPSA) is 52.6 Å². The molecule has 1 aliphatic rings. The van der Waals surface area contributed by atoms with Gasteiger partial charge in [-0.05, 0) is 51.6 Å². The van der Waals surface area contributed by atoms with Crippen molar-refractivity contribution in [1.29, 1.82) is 0 Å². The van der Waals surface area contributed by atoms with Gasteiger partial charge in [-0.2, -0.15) is 0 Å². The van der Waals surface area contributed by atoms with Crippen molar-refractivity contribution in [3.05, 3.63) is 0 Å². The van der Waals surface area contributed by atoms with Crippen molar-refractivity contribution < 1.29 is 9.90 Å². The van der Waals surface area contributed by atoms with Crippen LogP contribution in [0.3, 0.4) is 0 Å². The highest BCUT2D eigenvalue weighted by Crippen LogP contribution is 2.19. The van der Waals surface area contributed by atoms with Crippen molar-refractivity contribution in [3.8, 4) is 0 Å². The summed E-state index contributed by atoms with van der Waals surface area (Å²) in [4.78, 5) is 13.6. The van der Waals surface area contributed by atoms with Crippen LogP contribution < -0.4 is 5.32 Å². The SMILES string of the molecule is CC(C)CC(NC(C)C1CCCN(C)C1)C(=O)O. The van der Waals surface area contributed by atoms with Crippen molar-refractivity contribution in [1.82, 2.24) is 10.2 Å². The first-order chi connectivity index (χ1) is 8.40. The Kier molecular flexibility index (Phi) is 6.09. The van der Waals surface area contributed by atoms with E-state index in [9.17, 15) is 9.90 Å². The van der Waals surface area contributed by atoms with E-state index in [2.05, 4.69) is 38.0 Å². The van der Waals surface area contributed by atoms with E-state index in [1.54, 1.807) is 0 Å². The highest BCUT2D eigenvalue weighted by Gasteiger charge is 2.27. The maximum atomic E-state index is 11.2. The van der Waals surface area contributed by atoms with Gasteiger partial charge < -0.3 is 15.3 Å². The number of aliphatic carboxylic acids is 1. The molecular formula is C14H28N2O2. The van der Waals surface area contributed by atoms with E-state index in [0.717, 1.165) is 13.1 Å². The third-order valence-electron chi connectivity index (χ3n) is 3.84. The van der Waals surface area contributed by atoms with Crippen LogP contribution in [-0.4, -0.2) is 48.2 Å². The molecule has 1 aliphatic heterocycles. The minimum atomic E-state index is -0.722. The van der Waals surface area contributed by atoms with Crippen LogP contribution in [0.15, 0.2) is 0 Å². The van der Waals surface area contributed by atoms with E-state index in [-0.39, 0.29) is 6.04 Å². The Balaban J connectivity index is 2.49. The molecular weight excluding hydrogens is 228 g/mol. The van der Waals surface area contributed by atoms with Gasteiger partial charge >= 0.3 is 5.97 Å². The smallest absolute Gasteiger partial charge is 0.320 e. The Morgan fingerprint density at radius 1 is 1.44 bits per heavy atom. The molecule has 4 heteroatoms. The fraction of sp³-hybridized carbons (Fsp3) is 0.929. The summed E-state index contributed by atoms with van der Waals surface area (Å²) >= 11 is 0. The van der Waals surface area contributed by atoms with Gasteiger partial charge in [-0.3, -0.25) is 4.79 Å². The van der Waals surface area contributed by atoms with E-state index in [0.29, 0.717) is 18.3 Å². The Hall–Kier alpha value is -0.610. The van der Waals surface area contributed by atoms with Gasteiger partial charge in [0, 0.05) is 12.6 Å². The fourth-order valence-electron chi connectivity index (χ4n) is 2.78. The molecule has 106 valence electrons. The highest BCUT2D eigenvalue weighted by atomic mass is 16.4. The third-order valence-corrected chi connectivity index (χ3v) is 3.84. The second-order valence-corrected chi connectivity index (χ2v) is 6.14. The number of nitrogens with one attached hydrogen (secondary N) is 1. The van der Waals surface area contributed by atoms with Gasteiger partial charge in [-0.1, -0.05) is 13.8 Å². The van der Waals surface area contributed by atoms with Gasteiger partial charge in [-0.15, -0.1) is 0 Å². The maximum Gasteiger partial charge on any atom is 0.320 e. The van der Waals surface area contributed by atoms with Crippen molar-refractivity contribution in [2.75, 3.05) is 20.1 Å². The summed E-state index contributed by atoms with van der Waals surface area (Å²) in [5.74, 6) is 0.248. The lowest BCUT2D eigenvalue weighted by atomic mass is 9.90. The van der Waals surface area contributed by atoms with Crippen LogP contribution in [0.1, 0.15) is 40.0 Å². The van der Waals surface area contributed by atoms with Gasteiger partial charge in [0.2, 0.25) is 0 Å². The Labute approximate surface area is 111 Å². The van der Waals surface area contributed by atoms with E-state index in [1.165, 1.54) is 12.8 Å². The zero-order chi connectivity index (χ0) is 13.7. The van der Waals surface area contributed by atoms with Crippen LogP contribution in [0, 0.1) is 11.8 Å². The number of carbonyl (C=O) groups is 1. The first-order valence-electron chi connectivity index (χ1n) is 7.07. The lowest BCUT2D eigenvalue weighted by molar-refractivity contribution is -0.140. The number of carboxylic acids is 1. The summed E-state index contributed by atoms with van der Waals surface area (Å²) in [7, 11) is 2.14. The second-order valence-electron chi connectivity index (χ2n) is 6.14. The molecule has 0 spiro atoms. The molecule has 0 aromatic rings. The average Bonchev–Trinajstić information content (AvgIpc) is 2.27. The molecule has 1 saturated heterocycles. The van der Waals surface area contributed by atoms with Gasteiger partial charge in [0.25, 0.3) is 0 Å². The second kappa shape index (κ2) is 7.10. The molecule has 18 heavy (non-hydrogen) atoms. The standard InChI is InChI=1S/C14H28N2O2/c1-10(2)8-13(14(17)18)15-11(3)12-6-5-7-16(4)9-12/h10-13,15H,5-9H2,1-4H3,(H,17,18). The number of rotatable bonds is 6. The van der Waals surface area contributed by atoms with Crippen LogP contribution >= 0.6 is 0 Å². The van der Waals surface area contributed by atoms with Crippen LogP contribution in [0.2, 0.25) is 0 Å². The van der Waals surface area contributed by atoms with Crippen molar-refractivity contribution >= 4 is 5.97 Å². The first kappa shape index (κ1) is 15.4. The summed E-state index contributed by atoms with van der Waals surface area (Å²) in [6, 6.07) is -0.139. The molecule has 3 unspecified atom stereocenters. The van der Waals surface area contributed by atoms with Crippen molar-refractivity contribution in [2.45, 2.75) is 52.1 Å².